The quantitative estimate of drug-likeness (QED) is 0.628. The molecule has 0 aliphatic heterocycles. The highest BCUT2D eigenvalue weighted by Gasteiger charge is 2.21. The van der Waals surface area contributed by atoms with E-state index in [9.17, 15) is 4.79 Å². The van der Waals surface area contributed by atoms with Gasteiger partial charge < -0.3 is 29.2 Å². The molecule has 0 saturated carbocycles. The molecule has 2 aromatic carbocycles. The fraction of sp³-hybridized carbons (Fsp3) is 0.211. The van der Waals surface area contributed by atoms with Gasteiger partial charge >= 0.3 is 0 Å². The van der Waals surface area contributed by atoms with Crippen molar-refractivity contribution in [3.05, 3.63) is 47.9 Å². The molecule has 0 unspecified atom stereocenters. The summed E-state index contributed by atoms with van der Waals surface area (Å²) in [6.07, 6.45) is 0. The molecule has 0 radical (unpaired) electrons. The molecule has 3 aromatic rings. The molecule has 0 atom stereocenters. The predicted molar refractivity (Wildman–Crippen MR) is 98.7 cm³/mol. The van der Waals surface area contributed by atoms with Crippen LogP contribution in [0, 0.1) is 0 Å². The number of nitrogens with zero attached hydrogens (tertiary/aromatic N) is 2. The van der Waals surface area contributed by atoms with Crippen LogP contribution in [-0.2, 0) is 6.61 Å². The van der Waals surface area contributed by atoms with E-state index < -0.39 is 5.91 Å². The summed E-state index contributed by atoms with van der Waals surface area (Å²) < 4.78 is 26.9. The third kappa shape index (κ3) is 3.68. The van der Waals surface area contributed by atoms with Gasteiger partial charge in [0.05, 0.1) is 32.5 Å². The Morgan fingerprint density at radius 2 is 1.75 bits per heavy atom. The van der Waals surface area contributed by atoms with Crippen LogP contribution in [0.1, 0.15) is 16.2 Å². The highest BCUT2D eigenvalue weighted by molar-refractivity contribution is 5.95. The first-order chi connectivity index (χ1) is 13.6. The first kappa shape index (κ1) is 19.0. The molecular weight excluding hydrogens is 366 g/mol. The van der Waals surface area contributed by atoms with Crippen LogP contribution in [-0.4, -0.2) is 37.4 Å². The number of hydrogen-bond donors (Lipinski definition) is 1. The summed E-state index contributed by atoms with van der Waals surface area (Å²) >= 11 is 0. The van der Waals surface area contributed by atoms with E-state index in [0.717, 1.165) is 0 Å². The van der Waals surface area contributed by atoms with Crippen LogP contribution in [0.5, 0.6) is 23.0 Å². The van der Waals surface area contributed by atoms with Crippen LogP contribution in [0.25, 0.3) is 11.4 Å². The average molecular weight is 385 g/mol. The van der Waals surface area contributed by atoms with E-state index in [1.807, 2.05) is 0 Å². The van der Waals surface area contributed by atoms with E-state index >= 15 is 0 Å². The number of carbonyl (C=O) groups is 1. The zero-order valence-corrected chi connectivity index (χ0v) is 15.6. The monoisotopic (exact) mass is 385 g/mol. The first-order valence-corrected chi connectivity index (χ1v) is 8.22. The van der Waals surface area contributed by atoms with Crippen LogP contribution in [0.3, 0.4) is 0 Å². The second-order valence-electron chi connectivity index (χ2n) is 5.54. The van der Waals surface area contributed by atoms with Crippen molar-refractivity contribution in [3.8, 4) is 34.4 Å². The molecule has 28 heavy (non-hydrogen) atoms. The van der Waals surface area contributed by atoms with Gasteiger partial charge in [0.25, 0.3) is 11.8 Å². The molecule has 3 rings (SSSR count). The number of para-hydroxylation sites is 1. The van der Waals surface area contributed by atoms with Crippen LogP contribution in [0.15, 0.2) is 40.9 Å². The molecule has 9 heteroatoms. The van der Waals surface area contributed by atoms with Crippen LogP contribution >= 0.6 is 0 Å². The number of aromatic nitrogens is 2. The number of methoxy groups -OCH3 is 3. The number of primary amides is 1. The van der Waals surface area contributed by atoms with Gasteiger partial charge in [-0.3, -0.25) is 4.79 Å². The maximum Gasteiger partial charge on any atom is 0.264 e. The number of nitrogens with two attached hydrogens (primary N) is 1. The minimum Gasteiger partial charge on any atom is -0.493 e. The maximum absolute atomic E-state index is 11.5. The second-order valence-corrected chi connectivity index (χ2v) is 5.54. The molecule has 1 amide bonds. The second kappa shape index (κ2) is 8.30. The lowest BCUT2D eigenvalue weighted by atomic mass is 10.1. The topological polar surface area (TPSA) is 119 Å². The molecule has 0 spiro atoms. The molecule has 146 valence electrons. The van der Waals surface area contributed by atoms with E-state index in [-0.39, 0.29) is 18.1 Å². The Labute approximate surface area is 161 Å². The van der Waals surface area contributed by atoms with Gasteiger partial charge in [-0.2, -0.15) is 4.98 Å². The Kier molecular flexibility index (Phi) is 5.64. The van der Waals surface area contributed by atoms with E-state index in [4.69, 9.17) is 29.2 Å². The van der Waals surface area contributed by atoms with Crippen molar-refractivity contribution >= 4 is 5.91 Å². The highest BCUT2D eigenvalue weighted by atomic mass is 16.5. The normalized spacial score (nSPS) is 10.4. The van der Waals surface area contributed by atoms with Gasteiger partial charge in [0.1, 0.15) is 5.75 Å². The van der Waals surface area contributed by atoms with Gasteiger partial charge in [-0.05, 0) is 24.3 Å². The zero-order chi connectivity index (χ0) is 20.1. The lowest BCUT2D eigenvalue weighted by Crippen LogP contribution is -2.12. The molecule has 0 fully saturated rings. The molecule has 1 heterocycles. The van der Waals surface area contributed by atoms with Crippen molar-refractivity contribution < 1.29 is 28.3 Å². The summed E-state index contributed by atoms with van der Waals surface area (Å²) in [7, 11) is 4.55. The molecule has 0 bridgehead atoms. The smallest absolute Gasteiger partial charge is 0.264 e. The van der Waals surface area contributed by atoms with Crippen molar-refractivity contribution in [3.63, 3.8) is 0 Å². The zero-order valence-electron chi connectivity index (χ0n) is 15.6. The molecule has 0 aliphatic carbocycles. The van der Waals surface area contributed by atoms with Gasteiger partial charge in [0, 0.05) is 0 Å². The number of rotatable bonds is 8. The number of ether oxygens (including phenoxy) is 4. The Morgan fingerprint density at radius 1 is 1.00 bits per heavy atom. The van der Waals surface area contributed by atoms with E-state index in [1.54, 1.807) is 36.4 Å². The van der Waals surface area contributed by atoms with E-state index in [1.165, 1.54) is 21.3 Å². The van der Waals surface area contributed by atoms with Gasteiger partial charge in [-0.15, -0.1) is 0 Å². The Hall–Kier alpha value is -3.75. The van der Waals surface area contributed by atoms with Gasteiger partial charge in [0.2, 0.25) is 11.6 Å². The van der Waals surface area contributed by atoms with Gasteiger partial charge in [0.15, 0.2) is 18.1 Å². The SMILES string of the molecule is COc1ccc(-c2noc(COc3ccccc3C(N)=O)n2)c(OC)c1OC. The summed E-state index contributed by atoms with van der Waals surface area (Å²) in [5.41, 5.74) is 6.17. The largest absolute Gasteiger partial charge is 0.493 e. The molecule has 9 nitrogen and oxygen atoms in total. The van der Waals surface area contributed by atoms with Crippen LogP contribution in [0.4, 0.5) is 0 Å². The summed E-state index contributed by atoms with van der Waals surface area (Å²) in [5, 5.41) is 3.96. The van der Waals surface area contributed by atoms with Crippen molar-refractivity contribution in [1.82, 2.24) is 10.1 Å². The van der Waals surface area contributed by atoms with Gasteiger partial charge in [-0.1, -0.05) is 17.3 Å². The summed E-state index contributed by atoms with van der Waals surface area (Å²) in [6, 6.07) is 10.1. The Balaban J connectivity index is 1.85. The third-order valence-electron chi connectivity index (χ3n) is 3.92. The van der Waals surface area contributed by atoms with Crippen LogP contribution in [0.2, 0.25) is 0 Å². The van der Waals surface area contributed by atoms with Crippen molar-refractivity contribution in [1.29, 1.82) is 0 Å². The van der Waals surface area contributed by atoms with Crippen LogP contribution < -0.4 is 24.7 Å². The number of amides is 1. The van der Waals surface area contributed by atoms with Crippen molar-refractivity contribution in [2.45, 2.75) is 6.61 Å². The standard InChI is InChI=1S/C19H19N3O6/c1-24-14-9-8-12(16(25-2)17(14)26-3)19-21-15(28-22-19)10-27-13-7-5-4-6-11(13)18(20)23/h4-9H,10H2,1-3H3,(H2,20,23). The number of hydrogen-bond acceptors (Lipinski definition) is 8. The summed E-state index contributed by atoms with van der Waals surface area (Å²) in [6.45, 7) is -0.0348. The lowest BCUT2D eigenvalue weighted by molar-refractivity contribution is 0.0995. The van der Waals surface area contributed by atoms with Crippen molar-refractivity contribution in [2.75, 3.05) is 21.3 Å². The molecular formula is C19H19N3O6. The first-order valence-electron chi connectivity index (χ1n) is 8.22. The molecule has 2 N–H and O–H groups in total. The maximum atomic E-state index is 11.5. The summed E-state index contributed by atoms with van der Waals surface area (Å²) in [4.78, 5) is 15.8. The van der Waals surface area contributed by atoms with E-state index in [0.29, 0.717) is 34.4 Å². The fourth-order valence-electron chi connectivity index (χ4n) is 2.64. The fourth-order valence-corrected chi connectivity index (χ4v) is 2.64. The van der Waals surface area contributed by atoms with Gasteiger partial charge in [-0.25, -0.2) is 0 Å². The highest BCUT2D eigenvalue weighted by Crippen LogP contribution is 2.43. The Bertz CT molecular complexity index is 986. The molecule has 0 saturated heterocycles. The average Bonchev–Trinajstić information content (AvgIpc) is 3.19. The summed E-state index contributed by atoms with van der Waals surface area (Å²) in [5.74, 6) is 1.59. The number of carbonyl (C=O) groups excluding carboxylic acids is 1. The minimum absolute atomic E-state index is 0.0348. The molecule has 1 aromatic heterocycles. The number of benzene rings is 2. The van der Waals surface area contributed by atoms with Crippen molar-refractivity contribution in [2.24, 2.45) is 5.73 Å². The lowest BCUT2D eigenvalue weighted by Gasteiger charge is -2.13. The van der Waals surface area contributed by atoms with E-state index in [2.05, 4.69) is 10.1 Å². The predicted octanol–water partition coefficient (Wildman–Crippen LogP) is 2.44. The molecule has 0 aliphatic rings. The minimum atomic E-state index is -0.586. The Morgan fingerprint density at radius 3 is 2.43 bits per heavy atom. The third-order valence-corrected chi connectivity index (χ3v) is 3.92.